The van der Waals surface area contributed by atoms with Crippen LogP contribution in [0.15, 0.2) is 24.3 Å². The molecule has 7 heteroatoms. The van der Waals surface area contributed by atoms with E-state index in [0.29, 0.717) is 11.3 Å². The number of amides is 2. The predicted molar refractivity (Wildman–Crippen MR) is 93.4 cm³/mol. The normalized spacial score (nSPS) is 11.6. The highest BCUT2D eigenvalue weighted by molar-refractivity contribution is 5.98. The number of benzene rings is 1. The molecule has 0 heterocycles. The first-order valence-corrected chi connectivity index (χ1v) is 8.15. The molecule has 0 bridgehead atoms. The topological polar surface area (TPSA) is 84.9 Å². The number of methoxy groups -OCH3 is 1. The maximum atomic E-state index is 12.6. The van der Waals surface area contributed by atoms with Gasteiger partial charge in [-0.15, -0.1) is 0 Å². The van der Waals surface area contributed by atoms with Gasteiger partial charge in [-0.2, -0.15) is 0 Å². The molecule has 25 heavy (non-hydrogen) atoms. The molecule has 0 saturated heterocycles. The molecule has 0 saturated carbocycles. The Morgan fingerprint density at radius 3 is 2.24 bits per heavy atom. The summed E-state index contributed by atoms with van der Waals surface area (Å²) in [6.07, 6.45) is 0. The van der Waals surface area contributed by atoms with Crippen LogP contribution < -0.4 is 10.1 Å². The van der Waals surface area contributed by atoms with Crippen LogP contribution in [0.3, 0.4) is 0 Å². The first-order valence-electron chi connectivity index (χ1n) is 8.15. The summed E-state index contributed by atoms with van der Waals surface area (Å²) in [6.45, 7) is 5.45. The Labute approximate surface area is 148 Å². The summed E-state index contributed by atoms with van der Waals surface area (Å²) in [5, 5.41) is 2.73. The molecule has 1 atom stereocenters. The van der Waals surface area contributed by atoms with E-state index in [9.17, 15) is 14.4 Å². The van der Waals surface area contributed by atoms with Gasteiger partial charge < -0.3 is 19.7 Å². The molecule has 1 aromatic rings. The highest BCUT2D eigenvalue weighted by atomic mass is 16.5. The van der Waals surface area contributed by atoms with Crippen LogP contribution in [0.25, 0.3) is 0 Å². The monoisotopic (exact) mass is 350 g/mol. The van der Waals surface area contributed by atoms with Gasteiger partial charge >= 0.3 is 5.97 Å². The first kappa shape index (κ1) is 20.5. The molecule has 1 N–H and O–H groups in total. The van der Waals surface area contributed by atoms with Crippen molar-refractivity contribution in [3.8, 4) is 5.75 Å². The highest BCUT2D eigenvalue weighted by Gasteiger charge is 2.28. The molecule has 0 aliphatic carbocycles. The number of ether oxygens (including phenoxy) is 2. The zero-order chi connectivity index (χ0) is 19.0. The van der Waals surface area contributed by atoms with Gasteiger partial charge in [0, 0.05) is 12.6 Å². The minimum absolute atomic E-state index is 0.139. The van der Waals surface area contributed by atoms with Crippen molar-refractivity contribution in [1.29, 1.82) is 0 Å². The van der Waals surface area contributed by atoms with E-state index in [4.69, 9.17) is 9.47 Å². The summed E-state index contributed by atoms with van der Waals surface area (Å²) in [6, 6.07) is 5.85. The molecule has 0 fully saturated rings. The van der Waals surface area contributed by atoms with Gasteiger partial charge in [-0.1, -0.05) is 13.8 Å². The summed E-state index contributed by atoms with van der Waals surface area (Å²) in [5.41, 5.74) is 0.423. The van der Waals surface area contributed by atoms with E-state index in [1.807, 2.05) is 13.8 Å². The lowest BCUT2D eigenvalue weighted by Crippen LogP contribution is -2.51. The average Bonchev–Trinajstić information content (AvgIpc) is 2.58. The number of nitrogens with one attached hydrogen (secondary N) is 1. The van der Waals surface area contributed by atoms with Crippen molar-refractivity contribution in [2.45, 2.75) is 26.8 Å². The lowest BCUT2D eigenvalue weighted by atomic mass is 10.0. The molecule has 1 rings (SSSR count). The fraction of sp³-hybridized carbons (Fsp3) is 0.500. The molecule has 138 valence electrons. The molecule has 0 radical (unpaired) electrons. The van der Waals surface area contributed by atoms with Crippen LogP contribution >= 0.6 is 0 Å². The summed E-state index contributed by atoms with van der Waals surface area (Å²) in [4.78, 5) is 37.8. The van der Waals surface area contributed by atoms with E-state index in [1.54, 1.807) is 38.3 Å². The molecular weight excluding hydrogens is 324 g/mol. The van der Waals surface area contributed by atoms with E-state index in [0.717, 1.165) is 0 Å². The Morgan fingerprint density at radius 1 is 1.16 bits per heavy atom. The van der Waals surface area contributed by atoms with Crippen molar-refractivity contribution in [2.24, 2.45) is 5.92 Å². The summed E-state index contributed by atoms with van der Waals surface area (Å²) in [5.74, 6) is -0.687. The quantitative estimate of drug-likeness (QED) is 0.718. The first-order chi connectivity index (χ1) is 11.8. The number of carbonyl (C=O) groups is 3. The standard InChI is InChI=1S/C18H26N2O5/c1-6-25-15(21)11-20(4)18(23)16(12(2)3)19-17(22)13-7-9-14(24-5)10-8-13/h7-10,12,16H,6,11H2,1-5H3,(H,19,22)/t16-/m0/s1. The van der Waals surface area contributed by atoms with Crippen LogP contribution in [0, 0.1) is 5.92 Å². The SMILES string of the molecule is CCOC(=O)CN(C)C(=O)[C@@H](NC(=O)c1ccc(OC)cc1)C(C)C. The lowest BCUT2D eigenvalue weighted by Gasteiger charge is -2.26. The number of hydrogen-bond donors (Lipinski definition) is 1. The number of rotatable bonds is 8. The Kier molecular flexibility index (Phi) is 7.91. The second kappa shape index (κ2) is 9.66. The predicted octanol–water partition coefficient (Wildman–Crippen LogP) is 1.47. The fourth-order valence-corrected chi connectivity index (χ4v) is 2.20. The Bertz CT molecular complexity index is 598. The third-order valence-corrected chi connectivity index (χ3v) is 3.62. The van der Waals surface area contributed by atoms with Crippen LogP contribution in [0.5, 0.6) is 5.75 Å². The van der Waals surface area contributed by atoms with Crippen molar-refractivity contribution >= 4 is 17.8 Å². The van der Waals surface area contributed by atoms with Crippen LogP contribution in [0.2, 0.25) is 0 Å². The van der Waals surface area contributed by atoms with Gasteiger partial charge in [0.25, 0.3) is 5.91 Å². The molecule has 0 aliphatic rings. The molecule has 7 nitrogen and oxygen atoms in total. The molecule has 1 aromatic carbocycles. The Morgan fingerprint density at radius 2 is 1.76 bits per heavy atom. The third-order valence-electron chi connectivity index (χ3n) is 3.62. The van der Waals surface area contributed by atoms with Gasteiger partial charge in [-0.25, -0.2) is 0 Å². The number of esters is 1. The van der Waals surface area contributed by atoms with Crippen LogP contribution in [0.1, 0.15) is 31.1 Å². The molecular formula is C18H26N2O5. The third kappa shape index (κ3) is 6.10. The maximum absolute atomic E-state index is 12.6. The summed E-state index contributed by atoms with van der Waals surface area (Å²) < 4.78 is 9.90. The molecule has 2 amide bonds. The molecule has 0 aromatic heterocycles. The van der Waals surface area contributed by atoms with E-state index < -0.39 is 12.0 Å². The molecule has 0 aliphatic heterocycles. The summed E-state index contributed by atoms with van der Waals surface area (Å²) in [7, 11) is 3.05. The van der Waals surface area contributed by atoms with Crippen molar-refractivity contribution in [2.75, 3.05) is 27.3 Å². The largest absolute Gasteiger partial charge is 0.497 e. The number of hydrogen-bond acceptors (Lipinski definition) is 5. The van der Waals surface area contributed by atoms with E-state index in [1.165, 1.54) is 11.9 Å². The molecule has 0 spiro atoms. The van der Waals surface area contributed by atoms with Crippen LogP contribution in [-0.2, 0) is 14.3 Å². The van der Waals surface area contributed by atoms with Crippen LogP contribution in [-0.4, -0.2) is 56.0 Å². The minimum Gasteiger partial charge on any atom is -0.497 e. The summed E-state index contributed by atoms with van der Waals surface area (Å²) >= 11 is 0. The smallest absolute Gasteiger partial charge is 0.325 e. The fourth-order valence-electron chi connectivity index (χ4n) is 2.20. The second-order valence-corrected chi connectivity index (χ2v) is 5.92. The van der Waals surface area contributed by atoms with E-state index >= 15 is 0 Å². The zero-order valence-electron chi connectivity index (χ0n) is 15.4. The van der Waals surface area contributed by atoms with E-state index in [-0.39, 0.29) is 30.9 Å². The number of carbonyl (C=O) groups excluding carboxylic acids is 3. The van der Waals surface area contributed by atoms with Crippen LogP contribution in [0.4, 0.5) is 0 Å². The lowest BCUT2D eigenvalue weighted by molar-refractivity contribution is -0.148. The van der Waals surface area contributed by atoms with Crippen molar-refractivity contribution in [1.82, 2.24) is 10.2 Å². The average molecular weight is 350 g/mol. The minimum atomic E-state index is -0.742. The van der Waals surface area contributed by atoms with Gasteiger partial charge in [0.05, 0.1) is 13.7 Å². The Hall–Kier alpha value is -2.57. The van der Waals surface area contributed by atoms with Crippen molar-refractivity contribution in [3.05, 3.63) is 29.8 Å². The zero-order valence-corrected chi connectivity index (χ0v) is 15.4. The van der Waals surface area contributed by atoms with Gasteiger partial charge in [0.15, 0.2) is 0 Å². The maximum Gasteiger partial charge on any atom is 0.325 e. The van der Waals surface area contributed by atoms with Gasteiger partial charge in [0.2, 0.25) is 5.91 Å². The van der Waals surface area contributed by atoms with Gasteiger partial charge in [0.1, 0.15) is 18.3 Å². The second-order valence-electron chi connectivity index (χ2n) is 5.92. The van der Waals surface area contributed by atoms with Gasteiger partial charge in [-0.05, 0) is 37.1 Å². The Balaban J connectivity index is 2.79. The number of likely N-dealkylation sites (N-methyl/N-ethyl adjacent to an activating group) is 1. The molecule has 0 unspecified atom stereocenters. The van der Waals surface area contributed by atoms with Crippen molar-refractivity contribution < 1.29 is 23.9 Å². The van der Waals surface area contributed by atoms with E-state index in [2.05, 4.69) is 5.32 Å². The van der Waals surface area contributed by atoms with Crippen molar-refractivity contribution in [3.63, 3.8) is 0 Å². The highest BCUT2D eigenvalue weighted by Crippen LogP contribution is 2.12. The number of nitrogens with zero attached hydrogens (tertiary/aromatic N) is 1. The van der Waals surface area contributed by atoms with Gasteiger partial charge in [-0.3, -0.25) is 14.4 Å².